The predicted molar refractivity (Wildman–Crippen MR) is 116 cm³/mol. The van der Waals surface area contributed by atoms with Crippen molar-refractivity contribution in [3.05, 3.63) is 86.8 Å². The first-order valence-corrected chi connectivity index (χ1v) is 10.9. The third kappa shape index (κ3) is 4.86. The molecule has 0 aromatic heterocycles. The minimum Gasteiger partial charge on any atom is -0.322 e. The zero-order valence-electron chi connectivity index (χ0n) is 14.1. The van der Waals surface area contributed by atoms with E-state index in [1.54, 1.807) is 36.4 Å². The third-order valence-corrected chi connectivity index (χ3v) is 6.63. The molecule has 2 N–H and O–H groups in total. The molecule has 0 heterocycles. The van der Waals surface area contributed by atoms with E-state index in [0.717, 1.165) is 0 Å². The average molecular weight is 500 g/mol. The van der Waals surface area contributed by atoms with Crippen molar-refractivity contribution in [3.8, 4) is 0 Å². The van der Waals surface area contributed by atoms with Crippen molar-refractivity contribution in [1.29, 1.82) is 0 Å². The smallest absolute Gasteiger partial charge is 0.261 e. The highest BCUT2D eigenvalue weighted by molar-refractivity contribution is 9.10. The first kappa shape index (κ1) is 20.7. The van der Waals surface area contributed by atoms with Gasteiger partial charge in [-0.05, 0) is 64.5 Å². The van der Waals surface area contributed by atoms with E-state index >= 15 is 0 Å². The van der Waals surface area contributed by atoms with E-state index in [1.165, 1.54) is 30.3 Å². The second kappa shape index (κ2) is 8.53. The number of nitrogens with one attached hydrogen (secondary N) is 2. The molecule has 0 spiro atoms. The van der Waals surface area contributed by atoms with Crippen LogP contribution in [0.4, 0.5) is 11.4 Å². The lowest BCUT2D eigenvalue weighted by molar-refractivity contribution is 0.102. The zero-order valence-corrected chi connectivity index (χ0v) is 18.0. The highest BCUT2D eigenvalue weighted by atomic mass is 79.9. The maximum atomic E-state index is 12.4. The molecule has 0 aliphatic rings. The van der Waals surface area contributed by atoms with Crippen molar-refractivity contribution in [2.75, 3.05) is 10.0 Å². The van der Waals surface area contributed by atoms with Crippen molar-refractivity contribution < 1.29 is 13.2 Å². The van der Waals surface area contributed by atoms with Crippen LogP contribution in [-0.4, -0.2) is 14.3 Å². The van der Waals surface area contributed by atoms with Crippen molar-refractivity contribution in [1.82, 2.24) is 0 Å². The molecule has 0 unspecified atom stereocenters. The maximum Gasteiger partial charge on any atom is 0.261 e. The summed E-state index contributed by atoms with van der Waals surface area (Å²) in [6.07, 6.45) is 0. The maximum absolute atomic E-state index is 12.4. The molecule has 28 heavy (non-hydrogen) atoms. The molecule has 0 saturated carbocycles. The Morgan fingerprint density at radius 3 is 2.25 bits per heavy atom. The van der Waals surface area contributed by atoms with Crippen LogP contribution in [0.15, 0.2) is 76.1 Å². The number of hydrogen-bond donors (Lipinski definition) is 2. The summed E-state index contributed by atoms with van der Waals surface area (Å²) in [7, 11) is -3.78. The van der Waals surface area contributed by atoms with E-state index in [9.17, 15) is 13.2 Å². The molecule has 144 valence electrons. The minimum atomic E-state index is -3.78. The first-order valence-electron chi connectivity index (χ1n) is 7.90. The Balaban J connectivity index is 1.78. The van der Waals surface area contributed by atoms with Crippen LogP contribution in [-0.2, 0) is 10.0 Å². The van der Waals surface area contributed by atoms with Gasteiger partial charge < -0.3 is 5.32 Å². The largest absolute Gasteiger partial charge is 0.322 e. The third-order valence-electron chi connectivity index (χ3n) is 3.71. The molecule has 5 nitrogen and oxygen atoms in total. The Morgan fingerprint density at radius 1 is 0.893 bits per heavy atom. The van der Waals surface area contributed by atoms with Gasteiger partial charge in [-0.1, -0.05) is 41.4 Å². The van der Waals surface area contributed by atoms with Gasteiger partial charge in [-0.3, -0.25) is 9.52 Å². The van der Waals surface area contributed by atoms with Crippen LogP contribution in [0.2, 0.25) is 10.0 Å². The van der Waals surface area contributed by atoms with E-state index in [4.69, 9.17) is 23.2 Å². The lowest BCUT2D eigenvalue weighted by Crippen LogP contribution is -2.14. The van der Waals surface area contributed by atoms with Gasteiger partial charge in [0.2, 0.25) is 0 Å². The van der Waals surface area contributed by atoms with Crippen LogP contribution in [0.3, 0.4) is 0 Å². The summed E-state index contributed by atoms with van der Waals surface area (Å²) in [5.41, 5.74) is 0.962. The van der Waals surface area contributed by atoms with Crippen LogP contribution in [0.1, 0.15) is 10.4 Å². The minimum absolute atomic E-state index is 0.0981. The van der Waals surface area contributed by atoms with Gasteiger partial charge in [0.15, 0.2) is 0 Å². The van der Waals surface area contributed by atoms with Crippen LogP contribution in [0.25, 0.3) is 0 Å². The number of rotatable bonds is 5. The van der Waals surface area contributed by atoms with Crippen LogP contribution in [0, 0.1) is 0 Å². The summed E-state index contributed by atoms with van der Waals surface area (Å²) in [5.74, 6) is -0.405. The predicted octanol–water partition coefficient (Wildman–Crippen LogP) is 5.81. The van der Waals surface area contributed by atoms with Gasteiger partial charge >= 0.3 is 0 Å². The van der Waals surface area contributed by atoms with E-state index in [0.29, 0.717) is 15.2 Å². The highest BCUT2D eigenvalue weighted by Gasteiger charge is 2.16. The molecule has 3 aromatic rings. The van der Waals surface area contributed by atoms with Crippen LogP contribution in [0.5, 0.6) is 0 Å². The molecule has 0 fully saturated rings. The van der Waals surface area contributed by atoms with Gasteiger partial charge in [-0.25, -0.2) is 8.42 Å². The van der Waals surface area contributed by atoms with Crippen molar-refractivity contribution in [2.24, 2.45) is 0 Å². The van der Waals surface area contributed by atoms with Gasteiger partial charge in [0.25, 0.3) is 15.9 Å². The van der Waals surface area contributed by atoms with Crippen LogP contribution < -0.4 is 10.0 Å². The van der Waals surface area contributed by atoms with Crippen molar-refractivity contribution in [2.45, 2.75) is 4.90 Å². The van der Waals surface area contributed by atoms with Crippen molar-refractivity contribution in [3.63, 3.8) is 0 Å². The molecule has 0 atom stereocenters. The van der Waals surface area contributed by atoms with Gasteiger partial charge in [-0.15, -0.1) is 0 Å². The molecule has 3 aromatic carbocycles. The summed E-state index contributed by atoms with van der Waals surface area (Å²) in [6, 6.07) is 17.2. The monoisotopic (exact) mass is 498 g/mol. The second-order valence-corrected chi connectivity index (χ2v) is 9.05. The summed E-state index contributed by atoms with van der Waals surface area (Å²) < 4.78 is 27.9. The number of carbonyl (C=O) groups is 1. The number of carbonyl (C=O) groups excluding carboxylic acids is 1. The fraction of sp³-hybridized carbons (Fsp3) is 0. The van der Waals surface area contributed by atoms with Gasteiger partial charge in [-0.2, -0.15) is 0 Å². The van der Waals surface area contributed by atoms with E-state index in [1.807, 2.05) is 0 Å². The van der Waals surface area contributed by atoms with Gasteiger partial charge in [0.05, 0.1) is 20.6 Å². The Kier molecular flexibility index (Phi) is 6.30. The molecule has 9 heteroatoms. The first-order chi connectivity index (χ1) is 13.3. The van der Waals surface area contributed by atoms with Crippen molar-refractivity contribution >= 4 is 66.4 Å². The van der Waals surface area contributed by atoms with Gasteiger partial charge in [0, 0.05) is 15.7 Å². The normalized spacial score (nSPS) is 11.1. The molecule has 1 amide bonds. The van der Waals surface area contributed by atoms with Crippen LogP contribution >= 0.6 is 39.1 Å². The molecule has 0 aliphatic carbocycles. The molecule has 0 aliphatic heterocycles. The molecular weight excluding hydrogens is 487 g/mol. The quantitative estimate of drug-likeness (QED) is 0.465. The Labute approximate surface area is 180 Å². The topological polar surface area (TPSA) is 75.3 Å². The molecule has 3 rings (SSSR count). The number of amides is 1. The summed E-state index contributed by atoms with van der Waals surface area (Å²) >= 11 is 15.5. The standard InChI is InChI=1S/C19H13BrCl2N2O3S/c20-15-8-7-13(11-16(15)21)23-19(25)12-6-9-18(17(22)10-12)24-28(26,27)14-4-2-1-3-5-14/h1-11,24H,(H,23,25). The summed E-state index contributed by atoms with van der Waals surface area (Å²) in [4.78, 5) is 12.5. The Morgan fingerprint density at radius 2 is 1.61 bits per heavy atom. The number of halogens is 3. The Hall–Kier alpha value is -2.06. The number of benzene rings is 3. The summed E-state index contributed by atoms with van der Waals surface area (Å²) in [5, 5.41) is 3.26. The SMILES string of the molecule is O=C(Nc1ccc(Br)c(Cl)c1)c1ccc(NS(=O)(=O)c2ccccc2)c(Cl)c1. The number of anilines is 2. The fourth-order valence-electron chi connectivity index (χ4n) is 2.32. The lowest BCUT2D eigenvalue weighted by Gasteiger charge is -2.11. The number of hydrogen-bond acceptors (Lipinski definition) is 3. The molecule has 0 bridgehead atoms. The Bertz CT molecular complexity index is 1140. The zero-order chi connectivity index (χ0) is 20.3. The second-order valence-electron chi connectivity index (χ2n) is 5.70. The molecule has 0 radical (unpaired) electrons. The lowest BCUT2D eigenvalue weighted by atomic mass is 10.2. The van der Waals surface area contributed by atoms with E-state index < -0.39 is 15.9 Å². The van der Waals surface area contributed by atoms with Gasteiger partial charge in [0.1, 0.15) is 0 Å². The number of sulfonamides is 1. The molecule has 0 saturated heterocycles. The van der Waals surface area contributed by atoms with E-state index in [2.05, 4.69) is 26.0 Å². The molecular formula is C19H13BrCl2N2O3S. The summed E-state index contributed by atoms with van der Waals surface area (Å²) in [6.45, 7) is 0. The fourth-order valence-corrected chi connectivity index (χ4v) is 4.13. The highest BCUT2D eigenvalue weighted by Crippen LogP contribution is 2.28. The average Bonchev–Trinajstić information content (AvgIpc) is 2.67. The van der Waals surface area contributed by atoms with E-state index in [-0.39, 0.29) is 21.2 Å².